The van der Waals surface area contributed by atoms with Gasteiger partial charge in [-0.05, 0) is 36.5 Å². The summed E-state index contributed by atoms with van der Waals surface area (Å²) < 4.78 is 10.4. The van der Waals surface area contributed by atoms with Crippen LogP contribution in [0.4, 0.5) is 0 Å². The van der Waals surface area contributed by atoms with E-state index in [1.807, 2.05) is 40.7 Å². The first-order chi connectivity index (χ1) is 10.3. The maximum atomic E-state index is 11.9. The van der Waals surface area contributed by atoms with Gasteiger partial charge in [0, 0.05) is 12.3 Å². The first-order valence-electron chi connectivity index (χ1n) is 7.36. The Hall–Kier alpha value is -1.69. The second-order valence-electron chi connectivity index (χ2n) is 6.09. The molecule has 1 aliphatic heterocycles. The van der Waals surface area contributed by atoms with Crippen molar-refractivity contribution in [3.8, 4) is 0 Å². The Bertz CT molecular complexity index is 669. The predicted molar refractivity (Wildman–Crippen MR) is 92.1 cm³/mol. The van der Waals surface area contributed by atoms with Gasteiger partial charge in [-0.15, -0.1) is 0 Å². The molecular weight excluding hydrogens is 298 g/mol. The van der Waals surface area contributed by atoms with Gasteiger partial charge in [-0.25, -0.2) is 9.38 Å². The number of hydrogen-bond acceptors (Lipinski definition) is 4. The summed E-state index contributed by atoms with van der Waals surface area (Å²) in [4.78, 5) is 16.1. The minimum absolute atomic E-state index is 0.0189. The molecule has 22 heavy (non-hydrogen) atoms. The van der Waals surface area contributed by atoms with E-state index in [1.165, 1.54) is 0 Å². The topological polar surface area (TPSA) is 67.5 Å². The highest BCUT2D eigenvalue weighted by molar-refractivity contribution is 8.16. The van der Waals surface area contributed by atoms with Gasteiger partial charge in [0.25, 0.3) is 0 Å². The number of nitrogens with one attached hydrogen (secondary N) is 1. The lowest BCUT2D eigenvalue weighted by Crippen LogP contribution is -2.28. The monoisotopic (exact) mass is 321 g/mol. The molecule has 1 aliphatic rings. The van der Waals surface area contributed by atoms with E-state index in [0.29, 0.717) is 5.89 Å². The van der Waals surface area contributed by atoms with Crippen molar-refractivity contribution < 1.29 is 9.21 Å². The molecule has 1 aromatic heterocycles. The molecule has 0 aromatic carbocycles. The quantitative estimate of drug-likeness (QED) is 0.847. The van der Waals surface area contributed by atoms with E-state index >= 15 is 0 Å². The largest absolute Gasteiger partial charge is 0.445 e. The van der Waals surface area contributed by atoms with Gasteiger partial charge in [-0.3, -0.25) is 4.79 Å². The Labute approximate surface area is 134 Å². The predicted octanol–water partition coefficient (Wildman–Crippen LogP) is 3.20. The number of aryl methyl sites for hydroxylation is 1. The van der Waals surface area contributed by atoms with Crippen molar-refractivity contribution in [3.05, 3.63) is 29.0 Å². The van der Waals surface area contributed by atoms with Crippen LogP contribution >= 0.6 is 10.7 Å². The molecule has 0 saturated heterocycles. The van der Waals surface area contributed by atoms with Gasteiger partial charge in [-0.2, -0.15) is 0 Å². The standard InChI is InChI=1S/C16H23N3O2S/c1-7-13-17-9-12(21-13)16(4,5)11-8-14(22(6)19-11)18-15(20)10(2)3/h8-10H,6-7H2,1-5H3,(H,18,20). The number of allylic oxidation sites excluding steroid dienone is 1. The number of amides is 1. The van der Waals surface area contributed by atoms with Crippen molar-refractivity contribution in [1.82, 2.24) is 10.3 Å². The minimum atomic E-state index is -0.588. The Morgan fingerprint density at radius 3 is 2.73 bits per heavy atom. The number of hydrogen-bond donors (Lipinski definition) is 1. The molecule has 1 unspecified atom stereocenters. The molecule has 0 aliphatic carbocycles. The number of carbonyl (C=O) groups excluding carboxylic acids is 1. The Kier molecular flexibility index (Phi) is 4.70. The lowest BCUT2D eigenvalue weighted by Gasteiger charge is -2.20. The maximum Gasteiger partial charge on any atom is 0.227 e. The molecule has 2 rings (SSSR count). The van der Waals surface area contributed by atoms with Crippen LogP contribution in [0.1, 0.15) is 46.3 Å². The van der Waals surface area contributed by atoms with Gasteiger partial charge in [0.05, 0.1) is 22.4 Å². The third-order valence-corrected chi connectivity index (χ3v) is 4.76. The molecule has 1 atom stereocenters. The smallest absolute Gasteiger partial charge is 0.227 e. The number of rotatable bonds is 5. The molecule has 0 fully saturated rings. The summed E-state index contributed by atoms with van der Waals surface area (Å²) >= 11 is 0. The highest BCUT2D eigenvalue weighted by atomic mass is 32.2. The summed E-state index contributed by atoms with van der Waals surface area (Å²) in [5.41, 5.74) is 0.442. The average Bonchev–Trinajstić information content (AvgIpc) is 3.06. The number of nitrogens with zero attached hydrogens (tertiary/aromatic N) is 2. The van der Waals surface area contributed by atoms with Crippen molar-refractivity contribution in [1.29, 1.82) is 0 Å². The Morgan fingerprint density at radius 1 is 1.50 bits per heavy atom. The summed E-state index contributed by atoms with van der Waals surface area (Å²) in [6.07, 6.45) is 4.42. The van der Waals surface area contributed by atoms with E-state index in [2.05, 4.69) is 20.6 Å². The fourth-order valence-corrected chi connectivity index (χ4v) is 3.01. The van der Waals surface area contributed by atoms with Gasteiger partial charge < -0.3 is 9.73 Å². The van der Waals surface area contributed by atoms with Crippen molar-refractivity contribution in [2.75, 3.05) is 0 Å². The highest BCUT2D eigenvalue weighted by Gasteiger charge is 2.33. The first kappa shape index (κ1) is 16.7. The summed E-state index contributed by atoms with van der Waals surface area (Å²) in [6.45, 7) is 9.79. The molecule has 1 N–H and O–H groups in total. The zero-order chi connectivity index (χ0) is 16.5. The van der Waals surface area contributed by atoms with Crippen LogP contribution in [0.5, 0.6) is 0 Å². The van der Waals surface area contributed by atoms with Gasteiger partial charge in [-0.1, -0.05) is 20.8 Å². The second kappa shape index (κ2) is 6.20. The van der Waals surface area contributed by atoms with Gasteiger partial charge in [0.15, 0.2) is 5.89 Å². The zero-order valence-corrected chi connectivity index (χ0v) is 14.6. The van der Waals surface area contributed by atoms with Crippen LogP contribution in [-0.2, 0) is 16.6 Å². The van der Waals surface area contributed by atoms with E-state index in [-0.39, 0.29) is 11.8 Å². The molecule has 0 bridgehead atoms. The van der Waals surface area contributed by atoms with Crippen LogP contribution in [0, 0.1) is 5.92 Å². The Balaban J connectivity index is 2.25. The molecule has 0 saturated carbocycles. The third-order valence-electron chi connectivity index (χ3n) is 3.61. The second-order valence-corrected chi connectivity index (χ2v) is 7.44. The molecule has 120 valence electrons. The SMILES string of the molecule is C=S1N=C(C(C)(C)c2cnc(CC)o2)C=C1NC(=O)C(C)C. The van der Waals surface area contributed by atoms with E-state index < -0.39 is 16.1 Å². The molecule has 5 nitrogen and oxygen atoms in total. The van der Waals surface area contributed by atoms with E-state index in [0.717, 1.165) is 22.9 Å². The number of oxazole rings is 1. The first-order valence-corrected chi connectivity index (χ1v) is 8.71. The van der Waals surface area contributed by atoms with Crippen LogP contribution in [-0.4, -0.2) is 22.5 Å². The van der Waals surface area contributed by atoms with Crippen molar-refractivity contribution >= 4 is 28.2 Å². The van der Waals surface area contributed by atoms with Crippen LogP contribution in [0.15, 0.2) is 26.1 Å². The molecule has 1 aromatic rings. The average molecular weight is 321 g/mol. The van der Waals surface area contributed by atoms with E-state index in [1.54, 1.807) is 6.20 Å². The van der Waals surface area contributed by atoms with E-state index in [9.17, 15) is 4.79 Å². The Morgan fingerprint density at radius 2 is 2.18 bits per heavy atom. The number of aromatic nitrogens is 1. The summed E-state index contributed by atoms with van der Waals surface area (Å²) in [5.74, 6) is 5.42. The normalized spacial score (nSPS) is 18.4. The molecule has 1 amide bonds. The summed E-state index contributed by atoms with van der Waals surface area (Å²) in [7, 11) is -0.588. The summed E-state index contributed by atoms with van der Waals surface area (Å²) in [6, 6.07) is 0. The minimum Gasteiger partial charge on any atom is -0.445 e. The van der Waals surface area contributed by atoms with Crippen LogP contribution in [0.25, 0.3) is 0 Å². The third kappa shape index (κ3) is 3.21. The van der Waals surface area contributed by atoms with E-state index in [4.69, 9.17) is 4.42 Å². The zero-order valence-electron chi connectivity index (χ0n) is 13.8. The van der Waals surface area contributed by atoms with Crippen molar-refractivity contribution in [2.24, 2.45) is 10.3 Å². The molecule has 6 heteroatoms. The fourth-order valence-electron chi connectivity index (χ4n) is 1.93. The van der Waals surface area contributed by atoms with Gasteiger partial charge in [0.1, 0.15) is 5.76 Å². The molecule has 2 heterocycles. The molecule has 0 spiro atoms. The van der Waals surface area contributed by atoms with Crippen LogP contribution < -0.4 is 5.32 Å². The summed E-state index contributed by atoms with van der Waals surface area (Å²) in [5, 5.41) is 3.67. The maximum absolute atomic E-state index is 11.9. The van der Waals surface area contributed by atoms with Crippen LogP contribution in [0.3, 0.4) is 0 Å². The molecular formula is C16H23N3O2S. The van der Waals surface area contributed by atoms with Crippen molar-refractivity contribution in [3.63, 3.8) is 0 Å². The van der Waals surface area contributed by atoms with Crippen LogP contribution in [0.2, 0.25) is 0 Å². The van der Waals surface area contributed by atoms with Gasteiger partial charge in [0.2, 0.25) is 5.91 Å². The lowest BCUT2D eigenvalue weighted by atomic mass is 9.85. The number of carbonyl (C=O) groups is 1. The molecule has 0 radical (unpaired) electrons. The fraction of sp³-hybridized carbons (Fsp3) is 0.500. The van der Waals surface area contributed by atoms with Gasteiger partial charge >= 0.3 is 0 Å². The lowest BCUT2D eigenvalue weighted by molar-refractivity contribution is -0.123. The van der Waals surface area contributed by atoms with Crippen molar-refractivity contribution in [2.45, 2.75) is 46.5 Å². The highest BCUT2D eigenvalue weighted by Crippen LogP contribution is 2.36.